The monoisotopic (exact) mass is 354 g/mol. The van der Waals surface area contributed by atoms with Crippen LogP contribution in [-0.4, -0.2) is 23.0 Å². The Morgan fingerprint density at radius 2 is 1.84 bits per heavy atom. The molecule has 0 fully saturated rings. The van der Waals surface area contributed by atoms with Gasteiger partial charge in [-0.05, 0) is 30.3 Å². The van der Waals surface area contributed by atoms with Crippen molar-refractivity contribution in [2.45, 2.75) is 0 Å². The van der Waals surface area contributed by atoms with E-state index >= 15 is 0 Å². The maximum Gasteiger partial charge on any atom is 0.274 e. The van der Waals surface area contributed by atoms with Gasteiger partial charge in [-0.2, -0.15) is 0 Å². The molecule has 6 nitrogen and oxygen atoms in total. The Morgan fingerprint density at radius 3 is 2.64 bits per heavy atom. The number of ether oxygens (including phenoxy) is 1. The van der Waals surface area contributed by atoms with Gasteiger partial charge < -0.3 is 15.4 Å². The van der Waals surface area contributed by atoms with Crippen molar-refractivity contribution in [3.63, 3.8) is 0 Å². The molecule has 1 aromatic heterocycles. The third kappa shape index (κ3) is 4.45. The molecule has 3 aromatic rings. The minimum atomic E-state index is -0.343. The summed E-state index contributed by atoms with van der Waals surface area (Å²) < 4.78 is 5.14. The molecule has 25 heavy (non-hydrogen) atoms. The highest BCUT2D eigenvalue weighted by Crippen LogP contribution is 2.20. The topological polar surface area (TPSA) is 76.1 Å². The number of hydrogen-bond acceptors (Lipinski definition) is 5. The van der Waals surface area contributed by atoms with Gasteiger partial charge in [0.1, 0.15) is 23.6 Å². The zero-order valence-electron chi connectivity index (χ0n) is 13.4. The highest BCUT2D eigenvalue weighted by molar-refractivity contribution is 6.30. The van der Waals surface area contributed by atoms with Crippen LogP contribution in [-0.2, 0) is 0 Å². The number of anilines is 3. The molecular formula is C18H15ClN4O2. The first-order valence-corrected chi connectivity index (χ1v) is 7.82. The van der Waals surface area contributed by atoms with Crippen LogP contribution in [0, 0.1) is 0 Å². The third-order valence-electron chi connectivity index (χ3n) is 3.32. The fourth-order valence-corrected chi connectivity index (χ4v) is 2.35. The summed E-state index contributed by atoms with van der Waals surface area (Å²) in [5.74, 6) is 0.807. The van der Waals surface area contributed by atoms with Crippen LogP contribution in [0.3, 0.4) is 0 Å². The zero-order valence-corrected chi connectivity index (χ0v) is 14.1. The van der Waals surface area contributed by atoms with Gasteiger partial charge in [-0.15, -0.1) is 0 Å². The lowest BCUT2D eigenvalue weighted by molar-refractivity contribution is 0.102. The Kier molecular flexibility index (Phi) is 5.11. The van der Waals surface area contributed by atoms with E-state index in [1.54, 1.807) is 49.6 Å². The van der Waals surface area contributed by atoms with E-state index in [1.165, 1.54) is 6.33 Å². The quantitative estimate of drug-likeness (QED) is 0.720. The first-order chi connectivity index (χ1) is 12.1. The average Bonchev–Trinajstić information content (AvgIpc) is 2.62. The number of aromatic nitrogens is 2. The maximum absolute atomic E-state index is 12.4. The number of methoxy groups -OCH3 is 1. The molecule has 0 aliphatic rings. The number of benzene rings is 2. The van der Waals surface area contributed by atoms with E-state index < -0.39 is 0 Å². The van der Waals surface area contributed by atoms with Gasteiger partial charge in [-0.1, -0.05) is 23.7 Å². The van der Waals surface area contributed by atoms with Crippen LogP contribution in [0.15, 0.2) is 60.9 Å². The molecule has 1 heterocycles. The van der Waals surface area contributed by atoms with Crippen molar-refractivity contribution in [1.29, 1.82) is 0 Å². The highest BCUT2D eigenvalue weighted by Gasteiger charge is 2.10. The lowest BCUT2D eigenvalue weighted by Crippen LogP contribution is -2.14. The second-order valence-electron chi connectivity index (χ2n) is 5.11. The van der Waals surface area contributed by atoms with Crippen LogP contribution in [0.25, 0.3) is 0 Å². The van der Waals surface area contributed by atoms with E-state index in [4.69, 9.17) is 16.3 Å². The number of carbonyl (C=O) groups excluding carboxylic acids is 1. The summed E-state index contributed by atoms with van der Waals surface area (Å²) in [5, 5.41) is 6.47. The Bertz CT molecular complexity index is 902. The molecule has 0 radical (unpaired) electrons. The summed E-state index contributed by atoms with van der Waals surface area (Å²) in [5.41, 5.74) is 1.63. The number of carbonyl (C=O) groups is 1. The summed E-state index contributed by atoms with van der Waals surface area (Å²) in [7, 11) is 1.57. The van der Waals surface area contributed by atoms with E-state index in [0.717, 1.165) is 5.69 Å². The second kappa shape index (κ2) is 7.63. The number of hydrogen-bond donors (Lipinski definition) is 2. The molecule has 1 amide bonds. The molecule has 2 aromatic carbocycles. The third-order valence-corrected chi connectivity index (χ3v) is 3.56. The van der Waals surface area contributed by atoms with Crippen LogP contribution in [0.2, 0.25) is 5.02 Å². The molecule has 0 unspecified atom stereocenters. The van der Waals surface area contributed by atoms with Crippen LogP contribution in [0.4, 0.5) is 17.2 Å². The zero-order chi connectivity index (χ0) is 17.6. The summed E-state index contributed by atoms with van der Waals surface area (Å²) in [4.78, 5) is 20.5. The Labute approximate surface area is 149 Å². The minimum absolute atomic E-state index is 0.238. The molecule has 126 valence electrons. The second-order valence-corrected chi connectivity index (χ2v) is 5.55. The molecule has 2 N–H and O–H groups in total. The lowest BCUT2D eigenvalue weighted by atomic mass is 10.2. The molecule has 0 bridgehead atoms. The molecule has 7 heteroatoms. The fraction of sp³-hybridized carbons (Fsp3) is 0.0556. The van der Waals surface area contributed by atoms with Crippen molar-refractivity contribution >= 4 is 34.7 Å². The van der Waals surface area contributed by atoms with Crippen molar-refractivity contribution < 1.29 is 9.53 Å². The normalized spacial score (nSPS) is 10.2. The molecular weight excluding hydrogens is 340 g/mol. The van der Waals surface area contributed by atoms with Crippen LogP contribution in [0.5, 0.6) is 5.75 Å². The molecule has 0 saturated heterocycles. The fourth-order valence-electron chi connectivity index (χ4n) is 2.16. The standard InChI is InChI=1S/C18H15ClN4O2/c1-25-15-7-3-6-14(9-15)23-18(24)16-10-17(21-11-20-16)22-13-5-2-4-12(19)8-13/h2-11H,1H3,(H,23,24)(H,20,21,22). The summed E-state index contributed by atoms with van der Waals surface area (Å²) in [6, 6.07) is 15.9. The van der Waals surface area contributed by atoms with Gasteiger partial charge >= 0.3 is 0 Å². The summed E-state index contributed by atoms with van der Waals surface area (Å²) in [6.45, 7) is 0. The highest BCUT2D eigenvalue weighted by atomic mass is 35.5. The molecule has 3 rings (SSSR count). The summed E-state index contributed by atoms with van der Waals surface area (Å²) >= 11 is 5.96. The van der Waals surface area contributed by atoms with Gasteiger partial charge in [-0.25, -0.2) is 9.97 Å². The van der Waals surface area contributed by atoms with Crippen molar-refractivity contribution in [3.05, 3.63) is 71.6 Å². The smallest absolute Gasteiger partial charge is 0.274 e. The first-order valence-electron chi connectivity index (χ1n) is 7.44. The molecule has 0 aliphatic carbocycles. The van der Waals surface area contributed by atoms with Gasteiger partial charge in [-0.3, -0.25) is 4.79 Å². The number of rotatable bonds is 5. The Balaban J connectivity index is 1.75. The van der Waals surface area contributed by atoms with E-state index in [2.05, 4.69) is 20.6 Å². The predicted octanol–water partition coefficient (Wildman–Crippen LogP) is 4.13. The van der Waals surface area contributed by atoms with Gasteiger partial charge in [0.15, 0.2) is 0 Å². The Morgan fingerprint density at radius 1 is 1.04 bits per heavy atom. The van der Waals surface area contributed by atoms with E-state index in [-0.39, 0.29) is 11.6 Å². The van der Waals surface area contributed by atoms with Crippen LogP contribution < -0.4 is 15.4 Å². The summed E-state index contributed by atoms with van der Waals surface area (Å²) in [6.07, 6.45) is 1.33. The van der Waals surface area contributed by atoms with Gasteiger partial charge in [0.2, 0.25) is 0 Å². The van der Waals surface area contributed by atoms with E-state index in [1.807, 2.05) is 12.1 Å². The first kappa shape index (κ1) is 16.7. The maximum atomic E-state index is 12.4. The Hall–Kier alpha value is -3.12. The molecule has 0 aliphatic heterocycles. The molecule has 0 atom stereocenters. The van der Waals surface area contributed by atoms with Crippen molar-refractivity contribution in [2.75, 3.05) is 17.7 Å². The largest absolute Gasteiger partial charge is 0.497 e. The van der Waals surface area contributed by atoms with E-state index in [0.29, 0.717) is 22.3 Å². The van der Waals surface area contributed by atoms with Crippen LogP contribution >= 0.6 is 11.6 Å². The van der Waals surface area contributed by atoms with Crippen molar-refractivity contribution in [1.82, 2.24) is 9.97 Å². The lowest BCUT2D eigenvalue weighted by Gasteiger charge is -2.08. The number of nitrogens with one attached hydrogen (secondary N) is 2. The average molecular weight is 355 g/mol. The van der Waals surface area contributed by atoms with E-state index in [9.17, 15) is 4.79 Å². The van der Waals surface area contributed by atoms with Crippen molar-refractivity contribution in [3.8, 4) is 5.75 Å². The SMILES string of the molecule is COc1cccc(NC(=O)c2cc(Nc3cccc(Cl)c3)ncn2)c1. The number of nitrogens with zero attached hydrogens (tertiary/aromatic N) is 2. The number of halogens is 1. The number of amides is 1. The van der Waals surface area contributed by atoms with Gasteiger partial charge in [0.25, 0.3) is 5.91 Å². The predicted molar refractivity (Wildman–Crippen MR) is 97.7 cm³/mol. The van der Waals surface area contributed by atoms with Crippen LogP contribution in [0.1, 0.15) is 10.5 Å². The molecule has 0 saturated carbocycles. The van der Waals surface area contributed by atoms with Gasteiger partial charge in [0, 0.05) is 28.5 Å². The molecule has 0 spiro atoms. The minimum Gasteiger partial charge on any atom is -0.497 e. The van der Waals surface area contributed by atoms with Gasteiger partial charge in [0.05, 0.1) is 7.11 Å². The van der Waals surface area contributed by atoms with Crippen molar-refractivity contribution in [2.24, 2.45) is 0 Å².